The largest absolute Gasteiger partial charge is 0.494 e. The highest BCUT2D eigenvalue weighted by Crippen LogP contribution is 2.30. The minimum Gasteiger partial charge on any atom is -0.494 e. The normalized spacial score (nSPS) is 18.5. The first-order chi connectivity index (χ1) is 16.1. The first-order valence-electron chi connectivity index (χ1n) is 10.7. The van der Waals surface area contributed by atoms with E-state index in [1.54, 1.807) is 19.3 Å². The van der Waals surface area contributed by atoms with Gasteiger partial charge in [0.2, 0.25) is 5.91 Å². The van der Waals surface area contributed by atoms with E-state index in [2.05, 4.69) is 30.6 Å². The Morgan fingerprint density at radius 2 is 2.09 bits per heavy atom. The fourth-order valence-electron chi connectivity index (χ4n) is 3.65. The summed E-state index contributed by atoms with van der Waals surface area (Å²) in [5.41, 5.74) is 1.57. The number of fused-ring (bicyclic) bond motifs is 2. The molecule has 1 atom stereocenters. The second-order valence-electron chi connectivity index (χ2n) is 7.69. The summed E-state index contributed by atoms with van der Waals surface area (Å²) in [7, 11) is 1.80. The molecule has 0 fully saturated rings. The molecule has 1 aliphatic heterocycles. The molecule has 11 nitrogen and oxygen atoms in total. The van der Waals surface area contributed by atoms with Crippen molar-refractivity contribution in [2.45, 2.75) is 12.5 Å². The number of hydrogen-bond donors (Lipinski definition) is 5. The van der Waals surface area contributed by atoms with Gasteiger partial charge in [0.1, 0.15) is 29.6 Å². The van der Waals surface area contributed by atoms with Gasteiger partial charge in [-0.2, -0.15) is 0 Å². The van der Waals surface area contributed by atoms with Crippen molar-refractivity contribution >= 4 is 34.7 Å². The average molecular weight is 454 g/mol. The van der Waals surface area contributed by atoms with Crippen molar-refractivity contribution in [3.8, 4) is 11.6 Å². The molecule has 33 heavy (non-hydrogen) atoms. The minimum atomic E-state index is -0.650. The summed E-state index contributed by atoms with van der Waals surface area (Å²) in [6.07, 6.45) is 3.62. The molecular formula is C22H27N7O4. The van der Waals surface area contributed by atoms with Crippen LogP contribution < -0.4 is 15.4 Å². The van der Waals surface area contributed by atoms with Gasteiger partial charge in [0.05, 0.1) is 29.9 Å². The molecule has 11 heteroatoms. The fourth-order valence-corrected chi connectivity index (χ4v) is 3.65. The van der Waals surface area contributed by atoms with Crippen LogP contribution in [0.15, 0.2) is 35.6 Å². The Kier molecular flexibility index (Phi) is 7.01. The van der Waals surface area contributed by atoms with Gasteiger partial charge in [0, 0.05) is 31.9 Å². The lowest BCUT2D eigenvalue weighted by atomic mass is 10.2. The SMILES string of the molecule is CN1CCCOc2cccc(c2)N=Cc2c(O)[nH]c3ncnc(c23)NCCNC(=O)[C@H]1CO. The van der Waals surface area contributed by atoms with E-state index in [9.17, 15) is 15.0 Å². The van der Waals surface area contributed by atoms with Crippen molar-refractivity contribution in [2.75, 3.05) is 45.2 Å². The number of hydrogen-bond acceptors (Lipinski definition) is 9. The lowest BCUT2D eigenvalue weighted by Gasteiger charge is -2.25. The van der Waals surface area contributed by atoms with Gasteiger partial charge in [-0.3, -0.25) is 14.7 Å². The van der Waals surface area contributed by atoms with Gasteiger partial charge in [-0.05, 0) is 25.6 Å². The number of aromatic amines is 1. The molecule has 174 valence electrons. The molecule has 5 N–H and O–H groups in total. The van der Waals surface area contributed by atoms with Crippen LogP contribution in [0.1, 0.15) is 12.0 Å². The number of carbonyl (C=O) groups excluding carboxylic acids is 1. The first kappa shape index (κ1) is 22.5. The van der Waals surface area contributed by atoms with Crippen molar-refractivity contribution in [3.05, 3.63) is 36.2 Å². The number of ether oxygens (including phenoxy) is 1. The molecule has 3 aromatic rings. The van der Waals surface area contributed by atoms with Crippen molar-refractivity contribution < 1.29 is 19.7 Å². The van der Waals surface area contributed by atoms with E-state index >= 15 is 0 Å². The van der Waals surface area contributed by atoms with E-state index in [-0.39, 0.29) is 18.4 Å². The highest BCUT2D eigenvalue weighted by Gasteiger charge is 2.22. The maximum absolute atomic E-state index is 12.6. The molecule has 1 aromatic carbocycles. The molecule has 0 spiro atoms. The van der Waals surface area contributed by atoms with Crippen LogP contribution in [-0.2, 0) is 4.79 Å². The fraction of sp³-hybridized carbons (Fsp3) is 0.364. The van der Waals surface area contributed by atoms with Gasteiger partial charge in [-0.25, -0.2) is 9.97 Å². The second-order valence-corrected chi connectivity index (χ2v) is 7.69. The number of benzene rings is 1. The summed E-state index contributed by atoms with van der Waals surface area (Å²) in [6.45, 7) is 1.46. The summed E-state index contributed by atoms with van der Waals surface area (Å²) >= 11 is 0. The molecule has 2 bridgehead atoms. The predicted octanol–water partition coefficient (Wildman–Crippen LogP) is 1.02. The summed E-state index contributed by atoms with van der Waals surface area (Å²) in [5, 5.41) is 26.7. The number of H-pyrrole nitrogens is 1. The van der Waals surface area contributed by atoms with Crippen LogP contribution in [0.25, 0.3) is 11.0 Å². The van der Waals surface area contributed by atoms with Gasteiger partial charge >= 0.3 is 0 Å². The van der Waals surface area contributed by atoms with E-state index in [0.717, 1.165) is 0 Å². The van der Waals surface area contributed by atoms with E-state index in [4.69, 9.17) is 4.74 Å². The third-order valence-corrected chi connectivity index (χ3v) is 5.42. The number of carbonyl (C=O) groups is 1. The molecular weight excluding hydrogens is 426 g/mol. The van der Waals surface area contributed by atoms with Crippen LogP contribution >= 0.6 is 0 Å². The minimum absolute atomic E-state index is 0.0716. The number of aromatic nitrogens is 3. The Balaban J connectivity index is 1.65. The van der Waals surface area contributed by atoms with Crippen molar-refractivity contribution in [1.29, 1.82) is 0 Å². The third kappa shape index (κ3) is 5.21. The standard InChI is InChI=1S/C22H27N7O4/c1-29-8-3-9-33-15-5-2-4-14(10-15)25-11-16-18-19(26-13-27-20(18)28-21(16)31)23-6-7-24-22(32)17(29)12-30/h2,4-5,10-11,13,17,30-31H,3,6-9,12H2,1H3,(H,24,32)(H2,23,26,27,28)/t17-/m1/s1. The Hall–Kier alpha value is -3.70. The van der Waals surface area contributed by atoms with Crippen LogP contribution in [-0.4, -0.2) is 88.1 Å². The van der Waals surface area contributed by atoms with Crippen LogP contribution in [0.2, 0.25) is 0 Å². The summed E-state index contributed by atoms with van der Waals surface area (Å²) in [6, 6.07) is 6.68. The molecule has 2 aromatic heterocycles. The molecule has 0 saturated carbocycles. The van der Waals surface area contributed by atoms with Gasteiger partial charge in [0.25, 0.3) is 0 Å². The Morgan fingerprint density at radius 1 is 1.24 bits per heavy atom. The Morgan fingerprint density at radius 3 is 2.94 bits per heavy atom. The molecule has 1 amide bonds. The van der Waals surface area contributed by atoms with Gasteiger partial charge in [-0.15, -0.1) is 0 Å². The molecule has 0 radical (unpaired) electrons. The highest BCUT2D eigenvalue weighted by atomic mass is 16.5. The molecule has 3 heterocycles. The summed E-state index contributed by atoms with van der Waals surface area (Å²) in [4.78, 5) is 30.2. The second kappa shape index (κ2) is 10.3. The van der Waals surface area contributed by atoms with E-state index in [1.165, 1.54) is 6.33 Å². The maximum atomic E-state index is 12.6. The monoisotopic (exact) mass is 453 g/mol. The van der Waals surface area contributed by atoms with E-state index in [1.807, 2.05) is 23.1 Å². The molecule has 1 aliphatic rings. The number of aliphatic hydroxyl groups excluding tert-OH is 1. The smallest absolute Gasteiger partial charge is 0.239 e. The lowest BCUT2D eigenvalue weighted by Crippen LogP contribution is -2.48. The third-order valence-electron chi connectivity index (χ3n) is 5.42. The molecule has 0 aliphatic carbocycles. The van der Waals surface area contributed by atoms with E-state index in [0.29, 0.717) is 66.5 Å². The first-order valence-corrected chi connectivity index (χ1v) is 10.7. The van der Waals surface area contributed by atoms with Gasteiger partial charge in [-0.1, -0.05) is 6.07 Å². The highest BCUT2D eigenvalue weighted by molar-refractivity contribution is 6.06. The number of aromatic hydroxyl groups is 1. The molecule has 0 saturated heterocycles. The quantitative estimate of drug-likeness (QED) is 0.367. The number of aliphatic hydroxyl groups is 1. The number of nitrogens with zero attached hydrogens (tertiary/aromatic N) is 4. The molecule has 0 unspecified atom stereocenters. The number of aliphatic imine (C=N–C) groups is 1. The Bertz CT molecular complexity index is 1150. The molecule has 4 rings (SSSR count). The van der Waals surface area contributed by atoms with Crippen molar-refractivity contribution in [2.24, 2.45) is 4.99 Å². The number of amides is 1. The number of rotatable bonds is 1. The predicted molar refractivity (Wildman–Crippen MR) is 124 cm³/mol. The lowest BCUT2D eigenvalue weighted by molar-refractivity contribution is -0.127. The topological polar surface area (TPSA) is 148 Å². The maximum Gasteiger partial charge on any atom is 0.239 e. The van der Waals surface area contributed by atoms with Crippen LogP contribution in [0, 0.1) is 0 Å². The van der Waals surface area contributed by atoms with Crippen molar-refractivity contribution in [1.82, 2.24) is 25.2 Å². The zero-order chi connectivity index (χ0) is 23.2. The zero-order valence-electron chi connectivity index (χ0n) is 18.3. The van der Waals surface area contributed by atoms with Crippen molar-refractivity contribution in [3.63, 3.8) is 0 Å². The van der Waals surface area contributed by atoms with Crippen LogP contribution in [0.5, 0.6) is 11.6 Å². The number of nitrogens with one attached hydrogen (secondary N) is 3. The average Bonchev–Trinajstić information content (AvgIpc) is 3.14. The summed E-state index contributed by atoms with van der Waals surface area (Å²) in [5.74, 6) is 0.833. The van der Waals surface area contributed by atoms with Crippen LogP contribution in [0.3, 0.4) is 0 Å². The van der Waals surface area contributed by atoms with Gasteiger partial charge in [0.15, 0.2) is 5.88 Å². The Labute approximate surface area is 190 Å². The van der Waals surface area contributed by atoms with Gasteiger partial charge < -0.3 is 30.6 Å². The van der Waals surface area contributed by atoms with E-state index < -0.39 is 6.04 Å². The summed E-state index contributed by atoms with van der Waals surface area (Å²) < 4.78 is 5.83. The number of anilines is 1. The zero-order valence-corrected chi connectivity index (χ0v) is 18.3. The number of likely N-dealkylation sites (N-methyl/N-ethyl adjacent to an activating group) is 1. The van der Waals surface area contributed by atoms with Crippen LogP contribution in [0.4, 0.5) is 11.5 Å².